The minimum atomic E-state index is -0.919. The SMILES string of the molecule is CC1(O)CSC(c2ccccn2)=N1. The van der Waals surface area contributed by atoms with Gasteiger partial charge in [0.05, 0.1) is 5.69 Å². The van der Waals surface area contributed by atoms with Gasteiger partial charge in [-0.25, -0.2) is 4.99 Å². The van der Waals surface area contributed by atoms with Gasteiger partial charge in [0.25, 0.3) is 0 Å². The summed E-state index contributed by atoms with van der Waals surface area (Å²) in [6, 6.07) is 5.67. The van der Waals surface area contributed by atoms with Crippen molar-refractivity contribution in [1.82, 2.24) is 4.98 Å². The van der Waals surface area contributed by atoms with Crippen LogP contribution in [0.25, 0.3) is 0 Å². The molecule has 1 atom stereocenters. The van der Waals surface area contributed by atoms with Gasteiger partial charge in [0.2, 0.25) is 0 Å². The molecule has 0 saturated heterocycles. The maximum atomic E-state index is 9.59. The second kappa shape index (κ2) is 3.12. The Bertz CT molecular complexity index is 335. The van der Waals surface area contributed by atoms with E-state index in [1.54, 1.807) is 13.1 Å². The quantitative estimate of drug-likeness (QED) is 0.732. The van der Waals surface area contributed by atoms with E-state index >= 15 is 0 Å². The van der Waals surface area contributed by atoms with Gasteiger partial charge in [-0.05, 0) is 19.1 Å². The molecule has 2 rings (SSSR count). The molecule has 0 aliphatic carbocycles. The third-order valence-electron chi connectivity index (χ3n) is 1.71. The first-order valence-electron chi connectivity index (χ1n) is 4.04. The van der Waals surface area contributed by atoms with E-state index in [1.165, 1.54) is 11.8 Å². The highest BCUT2D eigenvalue weighted by atomic mass is 32.2. The minimum Gasteiger partial charge on any atom is -0.369 e. The highest BCUT2D eigenvalue weighted by Gasteiger charge is 2.28. The molecule has 0 fully saturated rings. The first-order valence-corrected chi connectivity index (χ1v) is 5.02. The molecule has 0 amide bonds. The Morgan fingerprint density at radius 2 is 2.38 bits per heavy atom. The Labute approximate surface area is 80.9 Å². The fourth-order valence-electron chi connectivity index (χ4n) is 1.11. The van der Waals surface area contributed by atoms with Gasteiger partial charge in [-0.1, -0.05) is 17.8 Å². The number of rotatable bonds is 1. The van der Waals surface area contributed by atoms with Crippen LogP contribution in [-0.4, -0.2) is 26.6 Å². The molecule has 0 aromatic carbocycles. The van der Waals surface area contributed by atoms with Gasteiger partial charge < -0.3 is 5.11 Å². The maximum absolute atomic E-state index is 9.59. The smallest absolute Gasteiger partial charge is 0.163 e. The molecule has 1 aromatic rings. The van der Waals surface area contributed by atoms with E-state index < -0.39 is 5.72 Å². The Hall–Kier alpha value is -0.870. The number of aliphatic hydroxyl groups is 1. The molecule has 1 aromatic heterocycles. The van der Waals surface area contributed by atoms with E-state index in [2.05, 4.69) is 9.98 Å². The van der Waals surface area contributed by atoms with E-state index in [4.69, 9.17) is 0 Å². The minimum absolute atomic E-state index is 0.610. The van der Waals surface area contributed by atoms with Gasteiger partial charge >= 0.3 is 0 Å². The van der Waals surface area contributed by atoms with Crippen molar-refractivity contribution in [1.29, 1.82) is 0 Å². The Morgan fingerprint density at radius 3 is 2.92 bits per heavy atom. The zero-order chi connectivity index (χ0) is 9.31. The first kappa shape index (κ1) is 8.72. The van der Waals surface area contributed by atoms with Gasteiger partial charge in [-0.15, -0.1) is 0 Å². The lowest BCUT2D eigenvalue weighted by molar-refractivity contribution is 0.0989. The van der Waals surface area contributed by atoms with Crippen LogP contribution in [0.5, 0.6) is 0 Å². The Kier molecular flexibility index (Phi) is 2.09. The summed E-state index contributed by atoms with van der Waals surface area (Å²) in [5, 5.41) is 10.4. The molecule has 0 spiro atoms. The number of hydrogen-bond acceptors (Lipinski definition) is 4. The van der Waals surface area contributed by atoms with Crippen LogP contribution in [0.15, 0.2) is 29.4 Å². The number of hydrogen-bond donors (Lipinski definition) is 1. The van der Waals surface area contributed by atoms with Gasteiger partial charge in [-0.3, -0.25) is 4.98 Å². The molecule has 1 N–H and O–H groups in total. The summed E-state index contributed by atoms with van der Waals surface area (Å²) in [6.45, 7) is 1.70. The van der Waals surface area contributed by atoms with Gasteiger partial charge in [0, 0.05) is 11.9 Å². The number of aliphatic imine (C=N–C) groups is 1. The molecule has 2 heterocycles. The van der Waals surface area contributed by atoms with E-state index in [0.717, 1.165) is 10.7 Å². The van der Waals surface area contributed by atoms with Crippen LogP contribution < -0.4 is 0 Å². The highest BCUT2D eigenvalue weighted by molar-refractivity contribution is 8.14. The van der Waals surface area contributed by atoms with Crippen LogP contribution in [0.4, 0.5) is 0 Å². The molecule has 0 bridgehead atoms. The van der Waals surface area contributed by atoms with E-state index in [9.17, 15) is 5.11 Å². The van der Waals surface area contributed by atoms with E-state index in [-0.39, 0.29) is 0 Å². The van der Waals surface area contributed by atoms with Gasteiger partial charge in [0.15, 0.2) is 5.72 Å². The summed E-state index contributed by atoms with van der Waals surface area (Å²) in [5.41, 5.74) is -0.0809. The average molecular weight is 194 g/mol. The maximum Gasteiger partial charge on any atom is 0.163 e. The summed E-state index contributed by atoms with van der Waals surface area (Å²) in [7, 11) is 0. The molecule has 1 unspecified atom stereocenters. The zero-order valence-electron chi connectivity index (χ0n) is 7.27. The average Bonchev–Trinajstić information content (AvgIpc) is 2.48. The van der Waals surface area contributed by atoms with Crippen LogP contribution in [0.1, 0.15) is 12.6 Å². The van der Waals surface area contributed by atoms with Crippen molar-refractivity contribution >= 4 is 16.8 Å². The molecule has 1 aliphatic heterocycles. The lowest BCUT2D eigenvalue weighted by Crippen LogP contribution is -2.20. The monoisotopic (exact) mass is 194 g/mol. The highest BCUT2D eigenvalue weighted by Crippen LogP contribution is 2.27. The van der Waals surface area contributed by atoms with Crippen LogP contribution in [-0.2, 0) is 0 Å². The predicted octanol–water partition coefficient (Wildman–Crippen LogP) is 1.28. The number of nitrogens with zero attached hydrogens (tertiary/aromatic N) is 2. The van der Waals surface area contributed by atoms with Crippen LogP contribution in [0.3, 0.4) is 0 Å². The molecule has 13 heavy (non-hydrogen) atoms. The first-order chi connectivity index (χ1) is 6.17. The van der Waals surface area contributed by atoms with Crippen molar-refractivity contribution in [2.24, 2.45) is 4.99 Å². The largest absolute Gasteiger partial charge is 0.369 e. The Balaban J connectivity index is 2.30. The number of thioether (sulfide) groups is 1. The second-order valence-electron chi connectivity index (χ2n) is 3.14. The predicted molar refractivity (Wildman–Crippen MR) is 53.9 cm³/mol. The third-order valence-corrected chi connectivity index (χ3v) is 2.97. The molecule has 0 saturated carbocycles. The van der Waals surface area contributed by atoms with E-state index in [0.29, 0.717) is 5.75 Å². The zero-order valence-corrected chi connectivity index (χ0v) is 8.08. The van der Waals surface area contributed by atoms with Crippen molar-refractivity contribution in [3.63, 3.8) is 0 Å². The normalized spacial score (nSPS) is 27.4. The molecule has 3 nitrogen and oxygen atoms in total. The summed E-state index contributed by atoms with van der Waals surface area (Å²) in [5.74, 6) is 0.610. The van der Waals surface area contributed by atoms with Crippen LogP contribution >= 0.6 is 11.8 Å². The van der Waals surface area contributed by atoms with Crippen LogP contribution in [0, 0.1) is 0 Å². The fourth-order valence-corrected chi connectivity index (χ4v) is 2.11. The van der Waals surface area contributed by atoms with Crippen molar-refractivity contribution in [2.75, 3.05) is 5.75 Å². The number of aromatic nitrogens is 1. The topological polar surface area (TPSA) is 45.5 Å². The second-order valence-corrected chi connectivity index (χ2v) is 4.10. The van der Waals surface area contributed by atoms with Crippen LogP contribution in [0.2, 0.25) is 0 Å². The van der Waals surface area contributed by atoms with Crippen molar-refractivity contribution in [3.05, 3.63) is 30.1 Å². The van der Waals surface area contributed by atoms with Gasteiger partial charge in [0.1, 0.15) is 5.04 Å². The molecular formula is C9H10N2OS. The summed E-state index contributed by atoms with van der Waals surface area (Å²) in [4.78, 5) is 8.33. The van der Waals surface area contributed by atoms with Crippen molar-refractivity contribution in [2.45, 2.75) is 12.6 Å². The number of pyridine rings is 1. The van der Waals surface area contributed by atoms with E-state index in [1.807, 2.05) is 18.2 Å². The molecule has 68 valence electrons. The molecule has 0 radical (unpaired) electrons. The molecular weight excluding hydrogens is 184 g/mol. The fraction of sp³-hybridized carbons (Fsp3) is 0.333. The standard InChI is InChI=1S/C9H10N2OS/c1-9(12)6-13-8(11-9)7-4-2-3-5-10-7/h2-5,12H,6H2,1H3. The lowest BCUT2D eigenvalue weighted by atomic mass is 10.3. The molecule has 4 heteroatoms. The summed E-state index contributed by atoms with van der Waals surface area (Å²) in [6.07, 6.45) is 1.73. The third kappa shape index (κ3) is 1.89. The molecule has 1 aliphatic rings. The summed E-state index contributed by atoms with van der Waals surface area (Å²) >= 11 is 1.54. The Morgan fingerprint density at radius 1 is 1.54 bits per heavy atom. The van der Waals surface area contributed by atoms with Crippen molar-refractivity contribution in [3.8, 4) is 0 Å². The summed E-state index contributed by atoms with van der Waals surface area (Å²) < 4.78 is 0. The van der Waals surface area contributed by atoms with Crippen molar-refractivity contribution < 1.29 is 5.11 Å². The lowest BCUT2D eigenvalue weighted by Gasteiger charge is -2.08. The van der Waals surface area contributed by atoms with Gasteiger partial charge in [-0.2, -0.15) is 0 Å².